The van der Waals surface area contributed by atoms with Gasteiger partial charge in [0.15, 0.2) is 5.78 Å². The van der Waals surface area contributed by atoms with E-state index in [9.17, 15) is 9.59 Å². The summed E-state index contributed by atoms with van der Waals surface area (Å²) in [6, 6.07) is 16.9. The number of hydrogen-bond acceptors (Lipinski definition) is 5. The molecule has 1 aromatic heterocycles. The number of nitrogens with zero attached hydrogens (tertiary/aromatic N) is 3. The summed E-state index contributed by atoms with van der Waals surface area (Å²) in [5.74, 6) is 0.862. The molecule has 2 heterocycles. The van der Waals surface area contributed by atoms with Crippen LogP contribution in [0.3, 0.4) is 0 Å². The number of hydrogen-bond donors (Lipinski definition) is 1. The highest BCUT2D eigenvalue weighted by atomic mass is 16.2. The van der Waals surface area contributed by atoms with Crippen LogP contribution in [0.4, 0.5) is 17.2 Å². The number of carbonyl (C=O) groups excluding carboxylic acids is 2. The highest BCUT2D eigenvalue weighted by Gasteiger charge is 2.32. The van der Waals surface area contributed by atoms with Gasteiger partial charge in [0.05, 0.1) is 0 Å². The summed E-state index contributed by atoms with van der Waals surface area (Å²) in [6.45, 7) is 5.33. The summed E-state index contributed by atoms with van der Waals surface area (Å²) in [5.41, 5.74) is 3.78. The average Bonchev–Trinajstić information content (AvgIpc) is 3.02. The molecule has 0 saturated heterocycles. The zero-order valence-corrected chi connectivity index (χ0v) is 16.6. The van der Waals surface area contributed by atoms with Gasteiger partial charge in [-0.15, -0.1) is 0 Å². The largest absolute Gasteiger partial charge is 0.340 e. The Morgan fingerprint density at radius 3 is 2.66 bits per heavy atom. The van der Waals surface area contributed by atoms with Crippen molar-refractivity contribution in [2.45, 2.75) is 33.2 Å². The number of amides is 1. The third-order valence-corrected chi connectivity index (χ3v) is 5.02. The Morgan fingerprint density at radius 2 is 1.86 bits per heavy atom. The molecule has 2 aromatic carbocycles. The Morgan fingerprint density at radius 1 is 1.07 bits per heavy atom. The molecule has 3 aromatic rings. The number of fused-ring (bicyclic) bond motifs is 1. The van der Waals surface area contributed by atoms with Crippen LogP contribution < -0.4 is 10.2 Å². The molecule has 1 aliphatic rings. The van der Waals surface area contributed by atoms with Gasteiger partial charge in [0, 0.05) is 29.0 Å². The second-order valence-corrected chi connectivity index (χ2v) is 7.30. The van der Waals surface area contributed by atoms with E-state index < -0.39 is 0 Å². The van der Waals surface area contributed by atoms with Crippen LogP contribution in [0.5, 0.6) is 0 Å². The van der Waals surface area contributed by atoms with Crippen molar-refractivity contribution in [1.82, 2.24) is 9.97 Å². The van der Waals surface area contributed by atoms with Crippen LogP contribution in [0, 0.1) is 6.92 Å². The predicted octanol–water partition coefficient (Wildman–Crippen LogP) is 4.32. The minimum atomic E-state index is -0.145. The summed E-state index contributed by atoms with van der Waals surface area (Å²) < 4.78 is 0. The molecule has 0 bridgehead atoms. The first-order chi connectivity index (χ1) is 13.9. The molecule has 146 valence electrons. The molecule has 0 aliphatic carbocycles. The number of ketones is 1. The third-order valence-electron chi connectivity index (χ3n) is 5.02. The van der Waals surface area contributed by atoms with Crippen LogP contribution in [0.2, 0.25) is 0 Å². The fourth-order valence-corrected chi connectivity index (χ4v) is 3.70. The highest BCUT2D eigenvalue weighted by molar-refractivity contribution is 6.07. The van der Waals surface area contributed by atoms with Crippen molar-refractivity contribution in [1.29, 1.82) is 0 Å². The van der Waals surface area contributed by atoms with Crippen LogP contribution in [-0.2, 0) is 6.42 Å². The maximum absolute atomic E-state index is 13.3. The molecule has 0 saturated carbocycles. The Hall–Kier alpha value is -3.54. The molecular weight excluding hydrogens is 364 g/mol. The number of carbonyl (C=O) groups is 2. The number of Topliss-reactive ketones (excluding diaryl/α,β-unsaturated/α-hetero) is 1. The monoisotopic (exact) mass is 386 g/mol. The van der Waals surface area contributed by atoms with E-state index in [1.807, 2.05) is 37.3 Å². The van der Waals surface area contributed by atoms with E-state index in [4.69, 9.17) is 0 Å². The fourth-order valence-electron chi connectivity index (χ4n) is 3.70. The van der Waals surface area contributed by atoms with E-state index in [1.54, 1.807) is 30.0 Å². The number of aryl methyl sites for hydroxylation is 1. The second kappa shape index (κ2) is 7.47. The lowest BCUT2D eigenvalue weighted by Gasteiger charge is -2.22. The maximum atomic E-state index is 13.3. The fraction of sp³-hybridized carbons (Fsp3) is 0.217. The van der Waals surface area contributed by atoms with Crippen LogP contribution in [0.15, 0.2) is 54.6 Å². The first-order valence-corrected chi connectivity index (χ1v) is 9.57. The molecule has 1 amide bonds. The second-order valence-electron chi connectivity index (χ2n) is 7.30. The van der Waals surface area contributed by atoms with Crippen molar-refractivity contribution >= 4 is 28.9 Å². The lowest BCUT2D eigenvalue weighted by Crippen LogP contribution is -2.36. The van der Waals surface area contributed by atoms with Gasteiger partial charge in [0.25, 0.3) is 5.91 Å². The van der Waals surface area contributed by atoms with Gasteiger partial charge < -0.3 is 10.2 Å². The van der Waals surface area contributed by atoms with E-state index in [0.717, 1.165) is 17.8 Å². The first kappa shape index (κ1) is 18.8. The molecule has 0 fully saturated rings. The van der Waals surface area contributed by atoms with Gasteiger partial charge >= 0.3 is 0 Å². The van der Waals surface area contributed by atoms with E-state index >= 15 is 0 Å². The summed E-state index contributed by atoms with van der Waals surface area (Å²) in [5, 5.41) is 3.18. The van der Waals surface area contributed by atoms with Crippen LogP contribution in [0.25, 0.3) is 0 Å². The normalized spacial score (nSPS) is 15.1. The molecule has 0 spiro atoms. The minimum absolute atomic E-state index is 0.00919. The smallest absolute Gasteiger partial charge is 0.277 e. The molecule has 29 heavy (non-hydrogen) atoms. The Balaban J connectivity index is 1.65. The van der Waals surface area contributed by atoms with E-state index in [2.05, 4.69) is 21.4 Å². The summed E-state index contributed by atoms with van der Waals surface area (Å²) >= 11 is 0. The SMILES string of the molecule is CC(=O)c1cccc(Nc2cc(C(=O)N3c4ccccc4CC3C)nc(C)n2)c1. The quantitative estimate of drug-likeness (QED) is 0.676. The lowest BCUT2D eigenvalue weighted by molar-refractivity contribution is 0.0974. The van der Waals surface area contributed by atoms with Crippen molar-refractivity contribution in [3.8, 4) is 0 Å². The standard InChI is InChI=1S/C23H22N4O2/c1-14-11-18-7-4-5-10-21(18)27(14)23(29)20-13-22(25-16(3)24-20)26-19-9-6-8-17(12-19)15(2)28/h4-10,12-14H,11H2,1-3H3,(H,24,25,26). The first-order valence-electron chi connectivity index (χ1n) is 9.57. The summed E-state index contributed by atoms with van der Waals surface area (Å²) in [6.07, 6.45) is 0.828. The molecule has 1 aliphatic heterocycles. The van der Waals surface area contributed by atoms with Gasteiger partial charge in [-0.1, -0.05) is 30.3 Å². The number of aromatic nitrogens is 2. The van der Waals surface area contributed by atoms with Crippen molar-refractivity contribution in [3.05, 3.63) is 77.2 Å². The third kappa shape index (κ3) is 3.74. The molecule has 1 unspecified atom stereocenters. The number of nitrogens with one attached hydrogen (secondary N) is 1. The van der Waals surface area contributed by atoms with Crippen LogP contribution in [0.1, 0.15) is 46.1 Å². The number of anilines is 3. The molecular formula is C23H22N4O2. The zero-order chi connectivity index (χ0) is 20.5. The average molecular weight is 386 g/mol. The summed E-state index contributed by atoms with van der Waals surface area (Å²) in [4.78, 5) is 35.5. The van der Waals surface area contributed by atoms with E-state index in [1.165, 1.54) is 12.5 Å². The highest BCUT2D eigenvalue weighted by Crippen LogP contribution is 2.33. The Kier molecular flexibility index (Phi) is 4.84. The molecule has 0 radical (unpaired) electrons. The van der Waals surface area contributed by atoms with Gasteiger partial charge in [0.1, 0.15) is 17.3 Å². The van der Waals surface area contributed by atoms with Crippen molar-refractivity contribution in [2.75, 3.05) is 10.2 Å². The minimum Gasteiger partial charge on any atom is -0.340 e. The van der Waals surface area contributed by atoms with Crippen molar-refractivity contribution in [3.63, 3.8) is 0 Å². The van der Waals surface area contributed by atoms with Crippen LogP contribution >= 0.6 is 0 Å². The van der Waals surface area contributed by atoms with Gasteiger partial charge in [-0.05, 0) is 51.0 Å². The Labute approximate surface area is 169 Å². The van der Waals surface area contributed by atoms with Crippen molar-refractivity contribution < 1.29 is 9.59 Å². The number of rotatable bonds is 4. The molecule has 6 nitrogen and oxygen atoms in total. The van der Waals surface area contributed by atoms with Gasteiger partial charge in [-0.3, -0.25) is 9.59 Å². The summed E-state index contributed by atoms with van der Waals surface area (Å²) in [7, 11) is 0. The van der Waals surface area contributed by atoms with Gasteiger partial charge in [-0.25, -0.2) is 9.97 Å². The lowest BCUT2D eigenvalue weighted by atomic mass is 10.1. The number of para-hydroxylation sites is 1. The maximum Gasteiger partial charge on any atom is 0.277 e. The molecule has 4 rings (SSSR count). The molecule has 1 N–H and O–H groups in total. The molecule has 6 heteroatoms. The van der Waals surface area contributed by atoms with E-state index in [-0.39, 0.29) is 17.7 Å². The van der Waals surface area contributed by atoms with Crippen molar-refractivity contribution in [2.24, 2.45) is 0 Å². The molecule has 1 atom stereocenters. The predicted molar refractivity (Wildman–Crippen MR) is 113 cm³/mol. The number of benzene rings is 2. The topological polar surface area (TPSA) is 75.2 Å². The Bertz CT molecular complexity index is 1110. The van der Waals surface area contributed by atoms with Gasteiger partial charge in [0.2, 0.25) is 0 Å². The van der Waals surface area contributed by atoms with E-state index in [0.29, 0.717) is 22.9 Å². The van der Waals surface area contributed by atoms with Gasteiger partial charge in [-0.2, -0.15) is 0 Å². The van der Waals surface area contributed by atoms with Crippen LogP contribution in [-0.4, -0.2) is 27.7 Å². The zero-order valence-electron chi connectivity index (χ0n) is 16.6.